The molecule has 0 atom stereocenters. The molecule has 1 fully saturated rings. The van der Waals surface area contributed by atoms with Gasteiger partial charge in [0, 0.05) is 17.5 Å². The van der Waals surface area contributed by atoms with Crippen molar-refractivity contribution in [3.05, 3.63) is 65.0 Å². The molecule has 6 heteroatoms. The van der Waals surface area contributed by atoms with E-state index in [-0.39, 0.29) is 12.0 Å². The molecule has 2 aromatic rings. The van der Waals surface area contributed by atoms with Crippen LogP contribution >= 0.6 is 0 Å². The van der Waals surface area contributed by atoms with Crippen molar-refractivity contribution in [3.8, 4) is 5.75 Å². The Morgan fingerprint density at radius 2 is 1.83 bits per heavy atom. The smallest absolute Gasteiger partial charge is 0.254 e. The van der Waals surface area contributed by atoms with Crippen LogP contribution in [0.1, 0.15) is 28.8 Å². The van der Waals surface area contributed by atoms with Crippen LogP contribution in [0.3, 0.4) is 0 Å². The van der Waals surface area contributed by atoms with Crippen molar-refractivity contribution in [2.75, 3.05) is 13.7 Å². The van der Waals surface area contributed by atoms with Crippen molar-refractivity contribution in [3.63, 3.8) is 0 Å². The number of hydrogen-bond donors (Lipinski definition) is 1. The molecule has 0 radical (unpaired) electrons. The van der Waals surface area contributed by atoms with Gasteiger partial charge in [0.05, 0.1) is 12.7 Å². The molecule has 3 rings (SSSR count). The second kappa shape index (κ2) is 6.19. The number of hydrogen-bond acceptors (Lipinski definition) is 2. The quantitative estimate of drug-likeness (QED) is 0.848. The van der Waals surface area contributed by atoms with Crippen LogP contribution in [0.15, 0.2) is 36.4 Å². The molecule has 0 bridgehead atoms. The maximum absolute atomic E-state index is 13.7. The van der Waals surface area contributed by atoms with Crippen molar-refractivity contribution < 1.29 is 22.7 Å². The predicted molar refractivity (Wildman–Crippen MR) is 82.6 cm³/mol. The Bertz CT molecular complexity index is 788. The Morgan fingerprint density at radius 3 is 2.50 bits per heavy atom. The van der Waals surface area contributed by atoms with Gasteiger partial charge >= 0.3 is 0 Å². The Kier molecular flexibility index (Phi) is 4.22. The highest BCUT2D eigenvalue weighted by atomic mass is 19.2. The largest absolute Gasteiger partial charge is 0.496 e. The molecule has 1 saturated carbocycles. The first kappa shape index (κ1) is 16.4. The summed E-state index contributed by atoms with van der Waals surface area (Å²) in [5, 5.41) is 2.62. The molecule has 24 heavy (non-hydrogen) atoms. The lowest BCUT2D eigenvalue weighted by molar-refractivity contribution is 0.0944. The Hall–Kier alpha value is -2.50. The maximum Gasteiger partial charge on any atom is 0.254 e. The van der Waals surface area contributed by atoms with Gasteiger partial charge in [-0.05, 0) is 31.0 Å². The highest BCUT2D eigenvalue weighted by molar-refractivity contribution is 5.94. The monoisotopic (exact) mass is 335 g/mol. The van der Waals surface area contributed by atoms with E-state index in [0.29, 0.717) is 0 Å². The number of methoxy groups -OCH3 is 1. The van der Waals surface area contributed by atoms with Gasteiger partial charge in [-0.3, -0.25) is 4.79 Å². The van der Waals surface area contributed by atoms with Gasteiger partial charge in [-0.15, -0.1) is 0 Å². The van der Waals surface area contributed by atoms with Crippen LogP contribution in [0.4, 0.5) is 13.2 Å². The van der Waals surface area contributed by atoms with E-state index in [9.17, 15) is 18.0 Å². The van der Waals surface area contributed by atoms with E-state index in [1.54, 1.807) is 7.11 Å². The molecule has 1 aliphatic carbocycles. The molecule has 3 nitrogen and oxygen atoms in total. The molecule has 1 amide bonds. The summed E-state index contributed by atoms with van der Waals surface area (Å²) in [5.74, 6) is -4.49. The van der Waals surface area contributed by atoms with Crippen molar-refractivity contribution in [2.24, 2.45) is 0 Å². The number of amides is 1. The minimum absolute atomic E-state index is 0.267. The third-order valence-corrected chi connectivity index (χ3v) is 4.40. The molecule has 0 spiro atoms. The zero-order chi connectivity index (χ0) is 17.3. The number of rotatable bonds is 5. The van der Waals surface area contributed by atoms with Gasteiger partial charge in [0.1, 0.15) is 5.75 Å². The lowest BCUT2D eigenvalue weighted by Crippen LogP contribution is -2.33. The fourth-order valence-corrected chi connectivity index (χ4v) is 2.82. The molecular formula is C18H16F3NO2. The third kappa shape index (κ3) is 2.84. The molecule has 0 saturated heterocycles. The molecular weight excluding hydrogens is 319 g/mol. The summed E-state index contributed by atoms with van der Waals surface area (Å²) in [6, 6.07) is 9.18. The van der Waals surface area contributed by atoms with Crippen LogP contribution in [0.25, 0.3) is 0 Å². The number of para-hydroxylation sites is 1. The summed E-state index contributed by atoms with van der Waals surface area (Å²) in [6.07, 6.45) is 1.71. The Labute approximate surface area is 137 Å². The lowest BCUT2D eigenvalue weighted by Gasteiger charge is -2.19. The van der Waals surface area contributed by atoms with Crippen molar-refractivity contribution in [2.45, 2.75) is 18.3 Å². The normalized spacial score (nSPS) is 15.0. The molecule has 2 aromatic carbocycles. The Morgan fingerprint density at radius 1 is 1.12 bits per heavy atom. The average molecular weight is 335 g/mol. The number of ether oxygens (including phenoxy) is 1. The standard InChI is InChI=1S/C18H16F3NO2/c1-24-14-5-3-2-4-12(14)18(8-9-18)10-22-17(23)11-6-7-13(19)16(21)15(11)20/h2-7H,8-10H2,1H3,(H,22,23). The van der Waals surface area contributed by atoms with Crippen LogP contribution < -0.4 is 10.1 Å². The number of halogens is 3. The highest BCUT2D eigenvalue weighted by Gasteiger charge is 2.46. The first-order chi connectivity index (χ1) is 11.5. The van der Waals surface area contributed by atoms with Crippen molar-refractivity contribution in [1.82, 2.24) is 5.32 Å². The molecule has 0 aromatic heterocycles. The van der Waals surface area contributed by atoms with E-state index in [4.69, 9.17) is 4.74 Å². The van der Waals surface area contributed by atoms with Gasteiger partial charge < -0.3 is 10.1 Å². The fraction of sp³-hybridized carbons (Fsp3) is 0.278. The van der Waals surface area contributed by atoms with E-state index in [2.05, 4.69) is 5.32 Å². The second-order valence-electron chi connectivity index (χ2n) is 5.89. The number of carbonyl (C=O) groups is 1. The zero-order valence-electron chi connectivity index (χ0n) is 13.0. The van der Waals surface area contributed by atoms with E-state index >= 15 is 0 Å². The van der Waals surface area contributed by atoms with Gasteiger partial charge in [0.2, 0.25) is 0 Å². The van der Waals surface area contributed by atoms with Crippen LogP contribution in [-0.2, 0) is 5.41 Å². The van der Waals surface area contributed by atoms with Gasteiger partial charge in [-0.1, -0.05) is 18.2 Å². The van der Waals surface area contributed by atoms with E-state index in [0.717, 1.165) is 36.3 Å². The first-order valence-electron chi connectivity index (χ1n) is 7.54. The van der Waals surface area contributed by atoms with Gasteiger partial charge in [0.15, 0.2) is 17.5 Å². The molecule has 126 valence electrons. The SMILES string of the molecule is COc1ccccc1C1(CNC(=O)c2ccc(F)c(F)c2F)CC1. The van der Waals surface area contributed by atoms with E-state index < -0.39 is 28.9 Å². The van der Waals surface area contributed by atoms with Crippen LogP contribution in [0, 0.1) is 17.5 Å². The first-order valence-corrected chi connectivity index (χ1v) is 7.54. The number of benzene rings is 2. The van der Waals surface area contributed by atoms with E-state index in [1.165, 1.54) is 0 Å². The summed E-state index contributed by atoms with van der Waals surface area (Å²) in [6.45, 7) is 0.268. The van der Waals surface area contributed by atoms with Gasteiger partial charge in [-0.25, -0.2) is 13.2 Å². The minimum Gasteiger partial charge on any atom is -0.496 e. The van der Waals surface area contributed by atoms with Crippen molar-refractivity contribution in [1.29, 1.82) is 0 Å². The molecule has 1 N–H and O–H groups in total. The fourth-order valence-electron chi connectivity index (χ4n) is 2.82. The second-order valence-corrected chi connectivity index (χ2v) is 5.89. The number of nitrogens with one attached hydrogen (secondary N) is 1. The molecule has 0 unspecified atom stereocenters. The summed E-state index contributed by atoms with van der Waals surface area (Å²) in [7, 11) is 1.57. The van der Waals surface area contributed by atoms with Crippen molar-refractivity contribution >= 4 is 5.91 Å². The third-order valence-electron chi connectivity index (χ3n) is 4.40. The highest BCUT2D eigenvalue weighted by Crippen LogP contribution is 2.50. The maximum atomic E-state index is 13.7. The molecule has 1 aliphatic rings. The summed E-state index contributed by atoms with van der Waals surface area (Å²) in [4.78, 5) is 12.1. The lowest BCUT2D eigenvalue weighted by atomic mass is 9.94. The van der Waals surface area contributed by atoms with Crippen LogP contribution in [0.5, 0.6) is 5.75 Å². The Balaban J connectivity index is 1.76. The average Bonchev–Trinajstić information content (AvgIpc) is 3.39. The summed E-state index contributed by atoms with van der Waals surface area (Å²) < 4.78 is 45.2. The number of carbonyl (C=O) groups excluding carboxylic acids is 1. The van der Waals surface area contributed by atoms with Gasteiger partial charge in [-0.2, -0.15) is 0 Å². The zero-order valence-corrected chi connectivity index (χ0v) is 13.0. The minimum atomic E-state index is -1.64. The summed E-state index contributed by atoms with van der Waals surface area (Å²) >= 11 is 0. The topological polar surface area (TPSA) is 38.3 Å². The predicted octanol–water partition coefficient (Wildman–Crippen LogP) is 3.57. The van der Waals surface area contributed by atoms with Crippen LogP contribution in [-0.4, -0.2) is 19.6 Å². The molecule has 0 aliphatic heterocycles. The van der Waals surface area contributed by atoms with Gasteiger partial charge in [0.25, 0.3) is 5.91 Å². The summed E-state index contributed by atoms with van der Waals surface area (Å²) in [5.41, 5.74) is 0.195. The van der Waals surface area contributed by atoms with Crippen LogP contribution in [0.2, 0.25) is 0 Å². The van der Waals surface area contributed by atoms with E-state index in [1.807, 2.05) is 24.3 Å². The molecule has 0 heterocycles.